The zero-order chi connectivity index (χ0) is 34.0. The van der Waals surface area contributed by atoms with Crippen molar-refractivity contribution in [1.29, 1.82) is 0 Å². The quantitative estimate of drug-likeness (QED) is 0.231. The number of nitrogens with zero attached hydrogens (tertiary/aromatic N) is 2. The summed E-state index contributed by atoms with van der Waals surface area (Å²) in [5, 5.41) is 5.86. The summed E-state index contributed by atoms with van der Waals surface area (Å²) in [4.78, 5) is 57.1. The molecule has 4 aromatic heterocycles. The number of sulfone groups is 1. The number of nitrogens with one attached hydrogen (secondary N) is 4. The molecule has 0 spiro atoms. The van der Waals surface area contributed by atoms with Gasteiger partial charge in [0.1, 0.15) is 20.1 Å². The van der Waals surface area contributed by atoms with Crippen LogP contribution in [0.5, 0.6) is 0 Å². The first-order chi connectivity index (χ1) is 22.2. The highest BCUT2D eigenvalue weighted by atomic mass is 35.5. The van der Waals surface area contributed by atoms with Crippen LogP contribution in [0.1, 0.15) is 21.0 Å². The van der Waals surface area contributed by atoms with E-state index >= 15 is 0 Å². The third kappa shape index (κ3) is 8.62. The van der Waals surface area contributed by atoms with Crippen molar-refractivity contribution in [3.05, 3.63) is 42.2 Å². The van der Waals surface area contributed by atoms with Gasteiger partial charge in [-0.3, -0.25) is 23.4 Å². The monoisotopic (exact) mass is 802 g/mol. The van der Waals surface area contributed by atoms with Crippen LogP contribution in [0.3, 0.4) is 0 Å². The number of carbonyl (C=O) groups excluding carboxylic acids is 4. The van der Waals surface area contributed by atoms with E-state index in [1.165, 1.54) is 27.6 Å². The lowest BCUT2D eigenvalue weighted by molar-refractivity contribution is -0.130. The van der Waals surface area contributed by atoms with Crippen molar-refractivity contribution in [2.75, 3.05) is 62.3 Å². The van der Waals surface area contributed by atoms with Crippen LogP contribution in [-0.4, -0.2) is 118 Å². The van der Waals surface area contributed by atoms with Crippen LogP contribution in [0, 0.1) is 0 Å². The highest BCUT2D eigenvalue weighted by molar-refractivity contribution is 7.91. The number of H-pyrrole nitrogens is 2. The summed E-state index contributed by atoms with van der Waals surface area (Å²) < 4.78 is 36.4. The topological polar surface area (TPSA) is 182 Å². The first kappa shape index (κ1) is 35.9. The van der Waals surface area contributed by atoms with Gasteiger partial charge in [0.15, 0.2) is 9.84 Å². The minimum absolute atomic E-state index is 0.0428. The van der Waals surface area contributed by atoms with Crippen molar-refractivity contribution in [2.24, 2.45) is 0 Å². The fourth-order valence-electron chi connectivity index (χ4n) is 4.66. The highest BCUT2D eigenvalue weighted by Crippen LogP contribution is 2.39. The maximum Gasteiger partial charge on any atom is 0.268 e. The Hall–Kier alpha value is -2.38. The number of thiophene rings is 2. The van der Waals surface area contributed by atoms with E-state index < -0.39 is 26.5 Å². The second-order valence-corrected chi connectivity index (χ2v) is 18.4. The van der Waals surface area contributed by atoms with Crippen molar-refractivity contribution in [1.82, 2.24) is 30.4 Å². The van der Waals surface area contributed by atoms with Crippen LogP contribution < -0.4 is 10.6 Å². The van der Waals surface area contributed by atoms with Gasteiger partial charge >= 0.3 is 0 Å². The standard InChI is InChI=1S/C13H13Cl2N3O4S2.C13H13Cl2N3O3S2/c14-10-11-8(23-12(10)15)5-7(17-11)13(20)16-6-9(19)18-1-3-24(21,22)4-2-18;14-10-11-8(22-12(10)15)5-7(17-11)13(20)16-6-9(19)18-1-3-23(21)4-2-18/h5,17H,1-4,6H2,(H,16,20);5,17H,1-4,6H2,(H,16,20). The Morgan fingerprint density at radius 1 is 0.745 bits per heavy atom. The summed E-state index contributed by atoms with van der Waals surface area (Å²) in [7, 11) is -3.88. The average Bonchev–Trinajstić information content (AvgIpc) is 3.78. The molecule has 2 aliphatic rings. The van der Waals surface area contributed by atoms with E-state index in [0.29, 0.717) is 60.0 Å². The lowest BCUT2D eigenvalue weighted by atomic mass is 10.4. The molecule has 0 saturated carbocycles. The largest absolute Gasteiger partial charge is 0.349 e. The zero-order valence-corrected chi connectivity index (χ0v) is 30.4. The molecule has 0 aliphatic carbocycles. The van der Waals surface area contributed by atoms with Gasteiger partial charge in [-0.05, 0) is 12.1 Å². The summed E-state index contributed by atoms with van der Waals surface area (Å²) in [6.45, 7) is 0.959. The first-order valence-corrected chi connectivity index (χ1v) is 20.3. The van der Waals surface area contributed by atoms with Crippen LogP contribution in [0.25, 0.3) is 20.4 Å². The van der Waals surface area contributed by atoms with Gasteiger partial charge in [-0.1, -0.05) is 46.4 Å². The zero-order valence-electron chi connectivity index (χ0n) is 24.1. The summed E-state index contributed by atoms with van der Waals surface area (Å²) in [5.74, 6) is -0.412. The molecule has 6 rings (SSSR count). The Morgan fingerprint density at radius 2 is 1.15 bits per heavy atom. The number of aromatic nitrogens is 2. The molecule has 2 fully saturated rings. The second kappa shape index (κ2) is 15.0. The third-order valence-electron chi connectivity index (χ3n) is 7.26. The van der Waals surface area contributed by atoms with Crippen molar-refractivity contribution in [3.8, 4) is 0 Å². The lowest BCUT2D eigenvalue weighted by Crippen LogP contribution is -2.47. The van der Waals surface area contributed by atoms with Gasteiger partial charge in [-0.15, -0.1) is 22.7 Å². The molecule has 0 atom stereocenters. The first-order valence-electron chi connectivity index (χ1n) is 13.8. The van der Waals surface area contributed by atoms with E-state index in [4.69, 9.17) is 46.4 Å². The fraction of sp³-hybridized carbons (Fsp3) is 0.385. The molecule has 0 bridgehead atoms. The molecule has 6 heterocycles. The van der Waals surface area contributed by atoms with E-state index in [2.05, 4.69) is 20.6 Å². The minimum atomic E-state index is -3.05. The number of aromatic amines is 2. The number of hydrogen-bond donors (Lipinski definition) is 4. The van der Waals surface area contributed by atoms with Crippen LogP contribution in [0.15, 0.2) is 12.1 Å². The number of halogens is 4. The van der Waals surface area contributed by atoms with E-state index in [0.717, 1.165) is 9.40 Å². The summed E-state index contributed by atoms with van der Waals surface area (Å²) in [6, 6.07) is 3.27. The average molecular weight is 805 g/mol. The lowest BCUT2D eigenvalue weighted by Gasteiger charge is -2.26. The summed E-state index contributed by atoms with van der Waals surface area (Å²) in [6.07, 6.45) is 0. The molecule has 2 saturated heterocycles. The molecular weight excluding hydrogens is 778 g/mol. The van der Waals surface area contributed by atoms with Crippen molar-refractivity contribution < 1.29 is 31.8 Å². The Morgan fingerprint density at radius 3 is 1.55 bits per heavy atom. The van der Waals surface area contributed by atoms with Gasteiger partial charge in [0.2, 0.25) is 11.8 Å². The third-order valence-corrected chi connectivity index (χ3v) is 14.0. The molecule has 13 nitrogen and oxygen atoms in total. The molecule has 0 aromatic carbocycles. The Labute approximate surface area is 298 Å². The van der Waals surface area contributed by atoms with Crippen LogP contribution in [-0.2, 0) is 30.2 Å². The number of amides is 4. The van der Waals surface area contributed by atoms with Crippen molar-refractivity contribution >= 4 is 134 Å². The maximum atomic E-state index is 12.1. The fourth-order valence-corrected chi connectivity index (χ4v) is 9.87. The minimum Gasteiger partial charge on any atom is -0.349 e. The van der Waals surface area contributed by atoms with Crippen molar-refractivity contribution in [3.63, 3.8) is 0 Å². The van der Waals surface area contributed by atoms with Crippen molar-refractivity contribution in [2.45, 2.75) is 0 Å². The normalized spacial score (nSPS) is 16.6. The van der Waals surface area contributed by atoms with Crippen LogP contribution in [0.2, 0.25) is 18.7 Å². The predicted molar refractivity (Wildman–Crippen MR) is 187 cm³/mol. The molecule has 0 radical (unpaired) electrons. The van der Waals surface area contributed by atoms with Gasteiger partial charge in [0.05, 0.1) is 55.1 Å². The predicted octanol–water partition coefficient (Wildman–Crippen LogP) is 3.38. The molecule has 254 valence electrons. The van der Waals surface area contributed by atoms with E-state index in [1.807, 2.05) is 0 Å². The number of rotatable bonds is 6. The Kier molecular flexibility index (Phi) is 11.5. The van der Waals surface area contributed by atoms with E-state index in [-0.39, 0.29) is 61.1 Å². The number of hydrogen-bond acceptors (Lipinski definition) is 9. The molecule has 4 amide bonds. The van der Waals surface area contributed by atoms with Gasteiger partial charge < -0.3 is 30.4 Å². The van der Waals surface area contributed by atoms with E-state index in [1.54, 1.807) is 17.0 Å². The molecule has 4 N–H and O–H groups in total. The maximum absolute atomic E-state index is 12.1. The van der Waals surface area contributed by atoms with Gasteiger partial charge in [0.25, 0.3) is 11.8 Å². The number of fused-ring (bicyclic) bond motifs is 2. The summed E-state index contributed by atoms with van der Waals surface area (Å²) in [5.41, 5.74) is 1.82. The molecule has 0 unspecified atom stereocenters. The molecule has 21 heteroatoms. The van der Waals surface area contributed by atoms with Gasteiger partial charge in [0, 0.05) is 48.5 Å². The Bertz CT molecular complexity index is 1980. The molecule has 2 aliphatic heterocycles. The molecular formula is C26H26Cl4N6O7S4. The van der Waals surface area contributed by atoms with Crippen LogP contribution >= 0.6 is 69.1 Å². The molecule has 4 aromatic rings. The highest BCUT2D eigenvalue weighted by Gasteiger charge is 2.26. The molecule has 47 heavy (non-hydrogen) atoms. The van der Waals surface area contributed by atoms with E-state index in [9.17, 15) is 31.8 Å². The summed E-state index contributed by atoms with van der Waals surface area (Å²) >= 11 is 26.4. The van der Waals surface area contributed by atoms with Crippen LogP contribution in [0.4, 0.5) is 0 Å². The SMILES string of the molecule is O=C(NCC(=O)N1CCS(=O)(=O)CC1)c1cc2sc(Cl)c(Cl)c2[nH]1.O=C(NCC(=O)N1CCS(=O)CC1)c1cc2sc(Cl)c(Cl)c2[nH]1. The second-order valence-electron chi connectivity index (χ2n) is 10.4. The Balaban J connectivity index is 0.000000185. The van der Waals surface area contributed by atoms with Gasteiger partial charge in [-0.2, -0.15) is 0 Å². The number of carbonyl (C=O) groups is 4. The van der Waals surface area contributed by atoms with Gasteiger partial charge in [-0.25, -0.2) is 8.42 Å². The smallest absolute Gasteiger partial charge is 0.268 e.